The van der Waals surface area contributed by atoms with Crippen molar-refractivity contribution in [2.75, 3.05) is 0 Å². The Labute approximate surface area is 125 Å². The number of hydrogen-bond donors (Lipinski definition) is 2. The molecule has 21 heavy (non-hydrogen) atoms. The number of ether oxygens (including phenoxy) is 2. The molecule has 0 rings (SSSR count). The van der Waals surface area contributed by atoms with E-state index in [1.165, 1.54) is 0 Å². The molecule has 6 nitrogen and oxygen atoms in total. The van der Waals surface area contributed by atoms with Crippen LogP contribution in [0.25, 0.3) is 0 Å². The summed E-state index contributed by atoms with van der Waals surface area (Å²) in [5.41, 5.74) is -0.784. The largest absolute Gasteiger partial charge is 0.395 e. The summed E-state index contributed by atoms with van der Waals surface area (Å²) in [6.07, 6.45) is 3.69. The molecule has 0 bridgehead atoms. The quantitative estimate of drug-likeness (QED) is 0.277. The van der Waals surface area contributed by atoms with Crippen LogP contribution in [0.15, 0.2) is 25.3 Å². The predicted molar refractivity (Wildman–Crippen MR) is 76.9 cm³/mol. The molecule has 1 unspecified atom stereocenters. The Balaban J connectivity index is 4.53. The third kappa shape index (κ3) is 8.27. The smallest absolute Gasteiger partial charge is 0.373 e. The lowest BCUT2D eigenvalue weighted by Crippen LogP contribution is -2.39. The van der Waals surface area contributed by atoms with Gasteiger partial charge in [0.25, 0.3) is 0 Å². The fourth-order valence-electron chi connectivity index (χ4n) is 1.55. The molecule has 0 aromatic rings. The molecule has 0 aromatic heterocycles. The molecular formula is C15H24O6. The molecule has 0 heterocycles. The van der Waals surface area contributed by atoms with E-state index in [4.69, 9.17) is 0 Å². The Kier molecular flexibility index (Phi) is 7.91. The first kappa shape index (κ1) is 19.3. The van der Waals surface area contributed by atoms with Crippen LogP contribution in [-0.4, -0.2) is 33.7 Å². The van der Waals surface area contributed by atoms with Crippen molar-refractivity contribution in [2.24, 2.45) is 0 Å². The van der Waals surface area contributed by atoms with E-state index in [1.54, 1.807) is 6.92 Å². The monoisotopic (exact) mass is 300 g/mol. The van der Waals surface area contributed by atoms with Gasteiger partial charge in [0.05, 0.1) is 12.0 Å². The second-order valence-corrected chi connectivity index (χ2v) is 5.02. The van der Waals surface area contributed by atoms with E-state index in [2.05, 4.69) is 22.6 Å². The summed E-state index contributed by atoms with van der Waals surface area (Å²) in [6, 6.07) is 0. The van der Waals surface area contributed by atoms with Gasteiger partial charge >= 0.3 is 17.9 Å². The van der Waals surface area contributed by atoms with Crippen molar-refractivity contribution in [3.63, 3.8) is 0 Å². The Bertz CT molecular complexity index is 364. The molecule has 0 aliphatic carbocycles. The first-order valence-corrected chi connectivity index (χ1v) is 6.83. The molecule has 0 saturated heterocycles. The number of rotatable bonds is 10. The summed E-state index contributed by atoms with van der Waals surface area (Å²) < 4.78 is 9.33. The third-order valence-corrected chi connectivity index (χ3v) is 3.07. The van der Waals surface area contributed by atoms with Crippen LogP contribution in [0.1, 0.15) is 46.0 Å². The van der Waals surface area contributed by atoms with Gasteiger partial charge in [0.1, 0.15) is 0 Å². The van der Waals surface area contributed by atoms with Crippen molar-refractivity contribution in [3.05, 3.63) is 25.3 Å². The molecule has 0 aromatic carbocycles. The van der Waals surface area contributed by atoms with Crippen LogP contribution in [0.2, 0.25) is 0 Å². The lowest BCUT2D eigenvalue weighted by atomic mass is 9.95. The molecule has 0 radical (unpaired) electrons. The van der Waals surface area contributed by atoms with Crippen molar-refractivity contribution in [2.45, 2.75) is 57.5 Å². The number of carbonyl (C=O) groups is 2. The minimum Gasteiger partial charge on any atom is -0.395 e. The van der Waals surface area contributed by atoms with Gasteiger partial charge < -0.3 is 19.7 Å². The maximum absolute atomic E-state index is 11.2. The maximum atomic E-state index is 11.2. The summed E-state index contributed by atoms with van der Waals surface area (Å²) in [5.74, 6) is -4.17. The van der Waals surface area contributed by atoms with Gasteiger partial charge in [-0.05, 0) is 26.2 Å². The molecule has 0 spiro atoms. The number of hydrogen-bond acceptors (Lipinski definition) is 6. The van der Waals surface area contributed by atoms with E-state index in [1.807, 2.05) is 6.92 Å². The molecule has 0 fully saturated rings. The van der Waals surface area contributed by atoms with Gasteiger partial charge in [-0.15, -0.1) is 0 Å². The van der Waals surface area contributed by atoms with Crippen LogP contribution in [0, 0.1) is 0 Å². The average Bonchev–Trinajstić information content (AvgIpc) is 2.43. The normalized spacial score (nSPS) is 13.9. The number of unbranched alkanes of at least 4 members (excludes halogenated alkanes) is 1. The minimum absolute atomic E-state index is 0.105. The Hall–Kier alpha value is -1.66. The van der Waals surface area contributed by atoms with Crippen LogP contribution in [0.3, 0.4) is 0 Å². The van der Waals surface area contributed by atoms with Gasteiger partial charge in [0.2, 0.25) is 0 Å². The minimum atomic E-state index is -2.35. The second kappa shape index (κ2) is 8.59. The lowest BCUT2D eigenvalue weighted by Gasteiger charge is -2.26. The molecule has 2 N–H and O–H groups in total. The number of carbonyl (C=O) groups excluding carboxylic acids is 2. The Morgan fingerprint density at radius 2 is 1.48 bits per heavy atom. The van der Waals surface area contributed by atoms with Crippen LogP contribution in [0.5, 0.6) is 0 Å². The zero-order valence-electron chi connectivity index (χ0n) is 12.6. The number of esters is 2. The lowest BCUT2D eigenvalue weighted by molar-refractivity contribution is -0.324. The van der Waals surface area contributed by atoms with Crippen molar-refractivity contribution < 1.29 is 29.3 Å². The Morgan fingerprint density at radius 3 is 1.86 bits per heavy atom. The van der Waals surface area contributed by atoms with E-state index in [9.17, 15) is 19.8 Å². The van der Waals surface area contributed by atoms with Gasteiger partial charge in [-0.2, -0.15) is 0 Å². The highest BCUT2D eigenvalue weighted by molar-refractivity contribution is 5.83. The van der Waals surface area contributed by atoms with E-state index in [0.717, 1.165) is 12.2 Å². The Morgan fingerprint density at radius 1 is 1.05 bits per heavy atom. The summed E-state index contributed by atoms with van der Waals surface area (Å²) >= 11 is 0. The topological polar surface area (TPSA) is 93.1 Å². The molecule has 120 valence electrons. The van der Waals surface area contributed by atoms with Gasteiger partial charge in [0.15, 0.2) is 0 Å². The van der Waals surface area contributed by atoms with Gasteiger partial charge in [-0.3, -0.25) is 0 Å². The van der Waals surface area contributed by atoms with Crippen LogP contribution in [-0.2, 0) is 19.1 Å². The molecule has 0 aliphatic heterocycles. The highest BCUT2D eigenvalue weighted by Crippen LogP contribution is 2.23. The summed E-state index contributed by atoms with van der Waals surface area (Å²) in [6.45, 7) is 10.00. The fourth-order valence-corrected chi connectivity index (χ4v) is 1.55. The zero-order chi connectivity index (χ0) is 16.5. The molecule has 0 aliphatic rings. The van der Waals surface area contributed by atoms with Crippen LogP contribution >= 0.6 is 0 Å². The first-order chi connectivity index (χ1) is 9.68. The van der Waals surface area contributed by atoms with Crippen molar-refractivity contribution in [1.29, 1.82) is 0 Å². The molecule has 0 saturated carbocycles. The predicted octanol–water partition coefficient (Wildman–Crippen LogP) is 1.81. The SMILES string of the molecule is C=CC(=O)OC(O)(CCCCC(C)(O)CC)OC(=O)C=C. The van der Waals surface area contributed by atoms with Crippen LogP contribution < -0.4 is 0 Å². The van der Waals surface area contributed by atoms with Crippen molar-refractivity contribution >= 4 is 11.9 Å². The van der Waals surface area contributed by atoms with Gasteiger partial charge in [-0.25, -0.2) is 9.59 Å². The maximum Gasteiger partial charge on any atom is 0.373 e. The molecule has 1 atom stereocenters. The second-order valence-electron chi connectivity index (χ2n) is 5.02. The van der Waals surface area contributed by atoms with Gasteiger partial charge in [0, 0.05) is 12.2 Å². The third-order valence-electron chi connectivity index (χ3n) is 3.07. The molecule has 6 heteroatoms. The zero-order valence-corrected chi connectivity index (χ0v) is 12.6. The summed E-state index contributed by atoms with van der Waals surface area (Å²) in [5, 5.41) is 19.9. The van der Waals surface area contributed by atoms with Crippen LogP contribution in [0.4, 0.5) is 0 Å². The fraction of sp³-hybridized carbons (Fsp3) is 0.600. The van der Waals surface area contributed by atoms with Gasteiger partial charge in [-0.1, -0.05) is 26.5 Å². The summed E-state index contributed by atoms with van der Waals surface area (Å²) in [4.78, 5) is 22.4. The standard InChI is InChI=1S/C15H24O6/c1-5-12(16)20-15(19,21-13(17)6-2)11-9-8-10-14(4,18)7-3/h5-6,18-19H,1-2,7-11H2,3-4H3. The number of aliphatic hydroxyl groups is 2. The van der Waals surface area contributed by atoms with Crippen molar-refractivity contribution in [3.8, 4) is 0 Å². The van der Waals surface area contributed by atoms with E-state index in [0.29, 0.717) is 25.7 Å². The van der Waals surface area contributed by atoms with E-state index < -0.39 is 23.5 Å². The average molecular weight is 300 g/mol. The highest BCUT2D eigenvalue weighted by Gasteiger charge is 2.35. The van der Waals surface area contributed by atoms with E-state index in [-0.39, 0.29) is 6.42 Å². The first-order valence-electron chi connectivity index (χ1n) is 6.83. The summed E-state index contributed by atoms with van der Waals surface area (Å²) in [7, 11) is 0. The highest BCUT2D eigenvalue weighted by atomic mass is 16.8. The molecular weight excluding hydrogens is 276 g/mol. The van der Waals surface area contributed by atoms with Crippen molar-refractivity contribution in [1.82, 2.24) is 0 Å². The molecule has 0 amide bonds. The van der Waals surface area contributed by atoms with E-state index >= 15 is 0 Å².